The lowest BCUT2D eigenvalue weighted by molar-refractivity contribution is -0.110. The lowest BCUT2D eigenvalue weighted by Gasteiger charge is -2.57. The summed E-state index contributed by atoms with van der Waals surface area (Å²) in [6.07, 6.45) is 10.3. The van der Waals surface area contributed by atoms with Crippen LogP contribution in [0.15, 0.2) is 12.2 Å². The summed E-state index contributed by atoms with van der Waals surface area (Å²) in [5.74, 6) is 4.55. The average Bonchev–Trinajstić information content (AvgIpc) is 2.98. The molecule has 0 aromatic heterocycles. The van der Waals surface area contributed by atoms with Crippen LogP contribution in [0, 0.1) is 40.9 Å². The van der Waals surface area contributed by atoms with E-state index in [0.717, 1.165) is 35.4 Å². The van der Waals surface area contributed by atoms with Crippen LogP contribution in [-0.4, -0.2) is 22.7 Å². The van der Waals surface area contributed by atoms with Crippen LogP contribution in [0.4, 0.5) is 4.39 Å². The SMILES string of the molecule is C=C(CBr)[C@H]1CC[C@H]2[C@@H]3CC[C@@H]4C[C@@](O)(CF)CC[C@@H]4[C@H]3CC[C@]12C. The number of rotatable bonds is 3. The molecule has 8 atom stereocenters. The van der Waals surface area contributed by atoms with Gasteiger partial charge in [0.05, 0.1) is 5.60 Å². The fourth-order valence-electron chi connectivity index (χ4n) is 7.85. The van der Waals surface area contributed by atoms with E-state index in [4.69, 9.17) is 0 Å². The maximum Gasteiger partial charge on any atom is 0.118 e. The van der Waals surface area contributed by atoms with E-state index in [9.17, 15) is 9.50 Å². The highest BCUT2D eigenvalue weighted by Gasteiger charge is 2.57. The van der Waals surface area contributed by atoms with Crippen LogP contribution in [0.2, 0.25) is 0 Å². The summed E-state index contributed by atoms with van der Waals surface area (Å²) in [6.45, 7) is 6.37. The highest BCUT2D eigenvalue weighted by atomic mass is 79.9. The van der Waals surface area contributed by atoms with Gasteiger partial charge in [0.2, 0.25) is 0 Å². The highest BCUT2D eigenvalue weighted by molar-refractivity contribution is 9.09. The molecular weight excluding hydrogens is 379 g/mol. The zero-order chi connectivity index (χ0) is 17.8. The zero-order valence-electron chi connectivity index (χ0n) is 15.7. The Labute approximate surface area is 161 Å². The summed E-state index contributed by atoms with van der Waals surface area (Å²) >= 11 is 3.64. The number of allylic oxidation sites excluding steroid dienone is 1. The first-order valence-electron chi connectivity index (χ1n) is 10.4. The molecule has 4 rings (SSSR count). The van der Waals surface area contributed by atoms with Crippen molar-refractivity contribution in [3.05, 3.63) is 12.2 Å². The lowest BCUT2D eigenvalue weighted by atomic mass is 9.49. The second kappa shape index (κ2) is 6.62. The monoisotopic (exact) mass is 412 g/mol. The van der Waals surface area contributed by atoms with Crippen LogP contribution < -0.4 is 0 Å². The van der Waals surface area contributed by atoms with Crippen molar-refractivity contribution >= 4 is 15.9 Å². The number of fused-ring (bicyclic) bond motifs is 5. The van der Waals surface area contributed by atoms with Gasteiger partial charge in [-0.2, -0.15) is 0 Å². The van der Waals surface area contributed by atoms with Gasteiger partial charge in [-0.3, -0.25) is 0 Å². The Hall–Kier alpha value is 0.110. The summed E-state index contributed by atoms with van der Waals surface area (Å²) < 4.78 is 13.3. The second-order valence-corrected chi connectivity index (χ2v) is 10.6. The van der Waals surface area contributed by atoms with E-state index in [1.54, 1.807) is 0 Å². The number of aliphatic hydroxyl groups is 1. The number of hydrogen-bond donors (Lipinski definition) is 1. The molecule has 0 amide bonds. The maximum atomic E-state index is 13.3. The number of halogens is 2. The van der Waals surface area contributed by atoms with Crippen molar-refractivity contribution in [3.8, 4) is 0 Å². The van der Waals surface area contributed by atoms with Crippen molar-refractivity contribution in [1.82, 2.24) is 0 Å². The minimum atomic E-state index is -1.01. The molecule has 0 saturated heterocycles. The predicted molar refractivity (Wildman–Crippen MR) is 104 cm³/mol. The van der Waals surface area contributed by atoms with Crippen LogP contribution in [-0.2, 0) is 0 Å². The first-order valence-corrected chi connectivity index (χ1v) is 11.6. The Balaban J connectivity index is 1.52. The highest BCUT2D eigenvalue weighted by Crippen LogP contribution is 2.65. The van der Waals surface area contributed by atoms with Crippen molar-refractivity contribution in [2.45, 2.75) is 70.3 Å². The first-order chi connectivity index (χ1) is 11.9. The Morgan fingerprint density at radius 3 is 2.56 bits per heavy atom. The first kappa shape index (κ1) is 18.5. The largest absolute Gasteiger partial charge is 0.387 e. The Kier molecular flexibility index (Phi) is 4.89. The second-order valence-electron chi connectivity index (χ2n) is 10.0. The van der Waals surface area contributed by atoms with Crippen LogP contribution >= 0.6 is 15.9 Å². The van der Waals surface area contributed by atoms with E-state index < -0.39 is 12.3 Å². The quantitative estimate of drug-likeness (QED) is 0.451. The molecule has 1 nitrogen and oxygen atoms in total. The number of alkyl halides is 2. The Bertz CT molecular complexity index is 536. The molecule has 1 N–H and O–H groups in total. The van der Waals surface area contributed by atoms with Gasteiger partial charge in [0.25, 0.3) is 0 Å². The third-order valence-corrected chi connectivity index (χ3v) is 9.74. The lowest BCUT2D eigenvalue weighted by Crippen LogP contribution is -2.51. The minimum absolute atomic E-state index is 0.452. The van der Waals surface area contributed by atoms with Crippen LogP contribution in [0.1, 0.15) is 64.7 Å². The summed E-state index contributed by atoms with van der Waals surface area (Å²) in [7, 11) is 0. The van der Waals surface area contributed by atoms with Crippen molar-refractivity contribution in [2.75, 3.05) is 12.0 Å². The summed E-state index contributed by atoms with van der Waals surface area (Å²) in [4.78, 5) is 0. The molecule has 0 spiro atoms. The molecule has 4 fully saturated rings. The van der Waals surface area contributed by atoms with Crippen molar-refractivity contribution < 1.29 is 9.50 Å². The summed E-state index contributed by atoms with van der Waals surface area (Å²) in [6, 6.07) is 0. The van der Waals surface area contributed by atoms with Gasteiger partial charge in [-0.1, -0.05) is 35.0 Å². The van der Waals surface area contributed by atoms with Crippen LogP contribution in [0.5, 0.6) is 0 Å². The standard InChI is InChI=1S/C22H34BrFO/c1-14(12-23)19-5-6-20-18-4-3-15-11-22(25,13-24)10-8-16(15)17(18)7-9-21(19,20)2/h15-20,25H,1,3-13H2,2H3/t15-,16+,17-,18-,19-,20+,21-,22-/m1/s1. The van der Waals surface area contributed by atoms with Gasteiger partial charge >= 0.3 is 0 Å². The zero-order valence-corrected chi connectivity index (χ0v) is 17.2. The van der Waals surface area contributed by atoms with Gasteiger partial charge in [-0.05, 0) is 98.7 Å². The summed E-state index contributed by atoms with van der Waals surface area (Å²) in [5.41, 5.74) is 0.846. The van der Waals surface area contributed by atoms with Gasteiger partial charge in [0.15, 0.2) is 0 Å². The molecule has 0 unspecified atom stereocenters. The molecule has 3 heteroatoms. The topological polar surface area (TPSA) is 20.2 Å². The molecule has 4 aliphatic carbocycles. The number of hydrogen-bond acceptors (Lipinski definition) is 1. The van der Waals surface area contributed by atoms with E-state index in [0.29, 0.717) is 30.1 Å². The van der Waals surface area contributed by atoms with Gasteiger partial charge < -0.3 is 5.11 Å². The molecule has 0 radical (unpaired) electrons. The van der Waals surface area contributed by atoms with E-state index >= 15 is 0 Å². The van der Waals surface area contributed by atoms with Crippen LogP contribution in [0.3, 0.4) is 0 Å². The average molecular weight is 413 g/mol. The van der Waals surface area contributed by atoms with E-state index in [2.05, 4.69) is 29.4 Å². The smallest absolute Gasteiger partial charge is 0.118 e. The third kappa shape index (κ3) is 2.87. The summed E-state index contributed by atoms with van der Waals surface area (Å²) in [5, 5.41) is 11.4. The fourth-order valence-corrected chi connectivity index (χ4v) is 8.24. The maximum absolute atomic E-state index is 13.3. The van der Waals surface area contributed by atoms with Crippen molar-refractivity contribution in [1.29, 1.82) is 0 Å². The van der Waals surface area contributed by atoms with Crippen molar-refractivity contribution in [2.24, 2.45) is 40.9 Å². The predicted octanol–water partition coefficient (Wildman–Crippen LogP) is 5.91. The van der Waals surface area contributed by atoms with Crippen LogP contribution in [0.25, 0.3) is 0 Å². The van der Waals surface area contributed by atoms with Gasteiger partial charge in [-0.25, -0.2) is 4.39 Å². The molecule has 0 heterocycles. The Morgan fingerprint density at radius 1 is 1.08 bits per heavy atom. The Morgan fingerprint density at radius 2 is 1.84 bits per heavy atom. The van der Waals surface area contributed by atoms with E-state index in [-0.39, 0.29) is 0 Å². The molecule has 4 aliphatic rings. The minimum Gasteiger partial charge on any atom is -0.387 e. The molecule has 0 aromatic rings. The molecule has 0 aliphatic heterocycles. The molecule has 0 aromatic carbocycles. The third-order valence-electron chi connectivity index (χ3n) is 9.02. The molecule has 142 valence electrons. The molecular formula is C22H34BrFO. The van der Waals surface area contributed by atoms with Gasteiger partial charge in [0.1, 0.15) is 6.67 Å². The van der Waals surface area contributed by atoms with E-state index in [1.807, 2.05) is 0 Å². The normalized spacial score (nSPS) is 52.2. The van der Waals surface area contributed by atoms with Gasteiger partial charge in [0, 0.05) is 5.33 Å². The molecule has 4 saturated carbocycles. The van der Waals surface area contributed by atoms with Crippen molar-refractivity contribution in [3.63, 3.8) is 0 Å². The molecule has 0 bridgehead atoms. The molecule has 25 heavy (non-hydrogen) atoms. The fraction of sp³-hybridized carbons (Fsp3) is 0.909. The van der Waals surface area contributed by atoms with Gasteiger partial charge in [-0.15, -0.1) is 0 Å². The van der Waals surface area contributed by atoms with E-state index in [1.165, 1.54) is 44.1 Å².